The molecule has 0 amide bonds. The lowest BCUT2D eigenvalue weighted by Gasteiger charge is -2.10. The van der Waals surface area contributed by atoms with Crippen molar-refractivity contribution in [1.82, 2.24) is 0 Å². The third-order valence-corrected chi connectivity index (χ3v) is 3.52. The lowest BCUT2D eigenvalue weighted by molar-refractivity contribution is 1.16. The molecule has 2 rings (SSSR count). The molecule has 1 N–H and O–H groups in total. The molecule has 0 unspecified atom stereocenters. The highest BCUT2D eigenvalue weighted by atomic mass is 35.5. The van der Waals surface area contributed by atoms with Crippen molar-refractivity contribution in [1.29, 1.82) is 0 Å². The van der Waals surface area contributed by atoms with Crippen molar-refractivity contribution in [2.24, 2.45) is 0 Å². The van der Waals surface area contributed by atoms with Crippen LogP contribution in [0.4, 0.5) is 5.00 Å². The Hall–Kier alpha value is 0.140. The van der Waals surface area contributed by atoms with Crippen LogP contribution in [-0.2, 0) is 6.42 Å². The molecule has 0 saturated carbocycles. The third-order valence-electron chi connectivity index (χ3n) is 1.42. The Morgan fingerprint density at radius 3 is 3.30 bits per heavy atom. The summed E-state index contributed by atoms with van der Waals surface area (Å²) < 4.78 is 4.12. The lowest BCUT2D eigenvalue weighted by Crippen LogP contribution is -1.99. The molecule has 1 aliphatic heterocycles. The van der Waals surface area contributed by atoms with Crippen molar-refractivity contribution in [3.05, 3.63) is 16.0 Å². The van der Waals surface area contributed by atoms with E-state index in [9.17, 15) is 0 Å². The van der Waals surface area contributed by atoms with E-state index >= 15 is 0 Å². The lowest BCUT2D eigenvalue weighted by atomic mass is 10.2. The number of fused-ring (bicyclic) bond motifs is 1. The molecule has 0 radical (unpaired) electrons. The zero-order valence-corrected chi connectivity index (χ0v) is 7.57. The molecule has 54 valence electrons. The summed E-state index contributed by atoms with van der Waals surface area (Å²) in [5.41, 5.74) is 1.37. The third kappa shape index (κ3) is 1.13. The van der Waals surface area contributed by atoms with Crippen molar-refractivity contribution in [2.75, 3.05) is 10.5 Å². The maximum atomic E-state index is 5.82. The number of thiophene rings is 1. The Labute approximate surface area is 72.9 Å². The highest BCUT2D eigenvalue weighted by Gasteiger charge is 2.11. The minimum Gasteiger partial charge on any atom is -0.321 e. The molecule has 4 heteroatoms. The average Bonchev–Trinajstić information content (AvgIpc) is 2.27. The van der Waals surface area contributed by atoms with Crippen LogP contribution in [0.25, 0.3) is 0 Å². The van der Waals surface area contributed by atoms with E-state index in [0.29, 0.717) is 0 Å². The Balaban J connectivity index is 2.41. The van der Waals surface area contributed by atoms with Gasteiger partial charge in [0.15, 0.2) is 0 Å². The highest BCUT2D eigenvalue weighted by Crippen LogP contribution is 2.36. The number of hydrogen-bond donors (Lipinski definition) is 1. The van der Waals surface area contributed by atoms with Gasteiger partial charge in [0, 0.05) is 5.75 Å². The Morgan fingerprint density at radius 2 is 2.50 bits per heavy atom. The molecule has 0 spiro atoms. The summed E-state index contributed by atoms with van der Waals surface area (Å²) in [6, 6.07) is 2.05. The maximum Gasteiger partial charge on any atom is 0.103 e. The molecule has 1 aliphatic rings. The number of anilines is 1. The van der Waals surface area contributed by atoms with Gasteiger partial charge in [-0.05, 0) is 18.1 Å². The zero-order valence-electron chi connectivity index (χ0n) is 5.19. The van der Waals surface area contributed by atoms with E-state index in [0.717, 1.165) is 16.5 Å². The summed E-state index contributed by atoms with van der Waals surface area (Å²) in [5.74, 6) is 1.15. The molecule has 1 nitrogen and oxygen atoms in total. The second-order valence-electron chi connectivity index (χ2n) is 2.11. The molecular formula is C6H6ClNS2. The number of rotatable bonds is 0. The van der Waals surface area contributed by atoms with E-state index in [1.807, 2.05) is 6.07 Å². The average molecular weight is 192 g/mol. The van der Waals surface area contributed by atoms with Gasteiger partial charge in [0.05, 0.1) is 4.34 Å². The molecule has 0 bridgehead atoms. The SMILES string of the molecule is Clc1cc2c(s1)NSCC2. The molecule has 1 aromatic heterocycles. The van der Waals surface area contributed by atoms with Gasteiger partial charge in [-0.2, -0.15) is 0 Å². The molecule has 0 fully saturated rings. The fourth-order valence-corrected chi connectivity index (χ4v) is 3.03. The van der Waals surface area contributed by atoms with Crippen LogP contribution in [-0.4, -0.2) is 5.75 Å². The first-order chi connectivity index (χ1) is 4.86. The monoisotopic (exact) mass is 191 g/mol. The predicted octanol–water partition coefficient (Wildman–Crippen LogP) is 3.02. The van der Waals surface area contributed by atoms with Crippen molar-refractivity contribution in [2.45, 2.75) is 6.42 Å². The number of nitrogens with one attached hydrogen (secondary N) is 1. The molecule has 0 aliphatic carbocycles. The fraction of sp³-hybridized carbons (Fsp3) is 0.333. The minimum atomic E-state index is 0.889. The van der Waals surface area contributed by atoms with Gasteiger partial charge < -0.3 is 4.72 Å². The van der Waals surface area contributed by atoms with E-state index in [2.05, 4.69) is 4.72 Å². The van der Waals surface area contributed by atoms with E-state index < -0.39 is 0 Å². The van der Waals surface area contributed by atoms with E-state index in [1.54, 1.807) is 23.3 Å². The van der Waals surface area contributed by atoms with Gasteiger partial charge in [0.25, 0.3) is 0 Å². The van der Waals surface area contributed by atoms with E-state index in [1.165, 1.54) is 10.6 Å². The second-order valence-corrected chi connectivity index (χ2v) is 4.69. The highest BCUT2D eigenvalue weighted by molar-refractivity contribution is 8.00. The Morgan fingerprint density at radius 1 is 1.60 bits per heavy atom. The van der Waals surface area contributed by atoms with Gasteiger partial charge in [0.1, 0.15) is 5.00 Å². The summed E-state index contributed by atoms with van der Waals surface area (Å²) in [5, 5.41) is 1.24. The summed E-state index contributed by atoms with van der Waals surface area (Å²) in [6.45, 7) is 0. The quantitative estimate of drug-likeness (QED) is 0.633. The molecular weight excluding hydrogens is 186 g/mol. The van der Waals surface area contributed by atoms with Gasteiger partial charge >= 0.3 is 0 Å². The zero-order chi connectivity index (χ0) is 6.97. The predicted molar refractivity (Wildman–Crippen MR) is 49.1 cm³/mol. The summed E-state index contributed by atoms with van der Waals surface area (Å²) in [6.07, 6.45) is 1.15. The van der Waals surface area contributed by atoms with Crippen LogP contribution in [0, 0.1) is 0 Å². The molecule has 10 heavy (non-hydrogen) atoms. The topological polar surface area (TPSA) is 12.0 Å². The van der Waals surface area contributed by atoms with Crippen LogP contribution >= 0.6 is 34.9 Å². The van der Waals surface area contributed by atoms with Crippen LogP contribution in [0.5, 0.6) is 0 Å². The second kappa shape index (κ2) is 2.64. The molecule has 1 aromatic rings. The van der Waals surface area contributed by atoms with Gasteiger partial charge in [-0.1, -0.05) is 23.5 Å². The maximum absolute atomic E-state index is 5.82. The van der Waals surface area contributed by atoms with E-state index in [4.69, 9.17) is 11.6 Å². The normalized spacial score (nSPS) is 16.1. The standard InChI is InChI=1S/C6H6ClNS2/c7-5-3-4-1-2-9-8-6(4)10-5/h3,8H,1-2H2. The summed E-state index contributed by atoms with van der Waals surface area (Å²) in [7, 11) is 0. The molecule has 0 atom stereocenters. The first-order valence-electron chi connectivity index (χ1n) is 3.02. The molecule has 0 aromatic carbocycles. The summed E-state index contributed by atoms with van der Waals surface area (Å²) >= 11 is 9.20. The number of hydrogen-bond acceptors (Lipinski definition) is 3. The van der Waals surface area contributed by atoms with Crippen molar-refractivity contribution >= 4 is 39.9 Å². The van der Waals surface area contributed by atoms with E-state index in [-0.39, 0.29) is 0 Å². The molecule has 0 saturated heterocycles. The van der Waals surface area contributed by atoms with Crippen molar-refractivity contribution < 1.29 is 0 Å². The van der Waals surface area contributed by atoms with Crippen LogP contribution in [0.2, 0.25) is 4.34 Å². The Kier molecular flexibility index (Phi) is 1.80. The van der Waals surface area contributed by atoms with Crippen LogP contribution in [0.15, 0.2) is 6.07 Å². The van der Waals surface area contributed by atoms with Gasteiger partial charge in [-0.25, -0.2) is 0 Å². The smallest absolute Gasteiger partial charge is 0.103 e. The Bertz CT molecular complexity index is 222. The van der Waals surface area contributed by atoms with Gasteiger partial charge in [-0.3, -0.25) is 0 Å². The van der Waals surface area contributed by atoms with Crippen LogP contribution in [0.1, 0.15) is 5.56 Å². The minimum absolute atomic E-state index is 0.889. The fourth-order valence-electron chi connectivity index (χ4n) is 0.945. The first-order valence-corrected chi connectivity index (χ1v) is 5.20. The molecule has 2 heterocycles. The largest absolute Gasteiger partial charge is 0.321 e. The number of halogens is 1. The first kappa shape index (κ1) is 6.83. The number of aryl methyl sites for hydroxylation is 1. The summed E-state index contributed by atoms with van der Waals surface area (Å²) in [4.78, 5) is 0. The van der Waals surface area contributed by atoms with Crippen molar-refractivity contribution in [3.63, 3.8) is 0 Å². The van der Waals surface area contributed by atoms with Crippen molar-refractivity contribution in [3.8, 4) is 0 Å². The van der Waals surface area contributed by atoms with Gasteiger partial charge in [0.2, 0.25) is 0 Å². The van der Waals surface area contributed by atoms with Crippen LogP contribution in [0.3, 0.4) is 0 Å². The van der Waals surface area contributed by atoms with Gasteiger partial charge in [-0.15, -0.1) is 11.3 Å². The van der Waals surface area contributed by atoms with Crippen LogP contribution < -0.4 is 4.72 Å².